The number of nitrogens with zero attached hydrogens (tertiary/aromatic N) is 1. The van der Waals surface area contributed by atoms with Crippen molar-refractivity contribution in [2.24, 2.45) is 5.73 Å². The van der Waals surface area contributed by atoms with Crippen LogP contribution in [0, 0.1) is 0 Å². The van der Waals surface area contributed by atoms with Crippen LogP contribution in [-0.2, 0) is 17.8 Å². The maximum Gasteiger partial charge on any atom is 0.412 e. The Balaban J connectivity index is 1.70. The van der Waals surface area contributed by atoms with Crippen LogP contribution in [0.15, 0.2) is 48.5 Å². The summed E-state index contributed by atoms with van der Waals surface area (Å²) >= 11 is 0. The largest absolute Gasteiger partial charge is 0.497 e. The summed E-state index contributed by atoms with van der Waals surface area (Å²) in [4.78, 5) is 12.9. The lowest BCUT2D eigenvalue weighted by Gasteiger charge is -2.27. The molecule has 2 unspecified atom stereocenters. The van der Waals surface area contributed by atoms with E-state index in [1.54, 1.807) is 13.2 Å². The third-order valence-electron chi connectivity index (χ3n) is 4.17. The van der Waals surface area contributed by atoms with Crippen LogP contribution in [0.4, 0.5) is 10.5 Å². The summed E-state index contributed by atoms with van der Waals surface area (Å²) in [5, 5.41) is 9.53. The minimum absolute atomic E-state index is 0.290. The van der Waals surface area contributed by atoms with Gasteiger partial charge in [0.25, 0.3) is 0 Å². The van der Waals surface area contributed by atoms with E-state index in [9.17, 15) is 9.90 Å². The minimum Gasteiger partial charge on any atom is -0.497 e. The van der Waals surface area contributed by atoms with Crippen molar-refractivity contribution in [2.75, 3.05) is 12.0 Å². The van der Waals surface area contributed by atoms with Crippen molar-refractivity contribution in [2.45, 2.75) is 25.3 Å². The molecule has 3 rings (SSSR count). The quantitative estimate of drug-likeness (QED) is 0.824. The zero-order valence-electron chi connectivity index (χ0n) is 13.4. The lowest BCUT2D eigenvalue weighted by Crippen LogP contribution is -2.49. The first kappa shape index (κ1) is 16.3. The fraction of sp³-hybridized carbons (Fsp3) is 0.278. The molecule has 2 atom stereocenters. The van der Waals surface area contributed by atoms with E-state index in [4.69, 9.17) is 15.2 Å². The standard InChI is InChI=1S/C18H20N2O4/c1-23-14-7-4-5-12(9-14)11-24-17(19)16-10-13-6-2-3-8-15(13)20(16)18(21)22/h2-9,16-17H,10-11,19H2,1H3,(H,21,22). The lowest BCUT2D eigenvalue weighted by molar-refractivity contribution is 0.0277. The third-order valence-corrected chi connectivity index (χ3v) is 4.17. The van der Waals surface area contributed by atoms with Crippen LogP contribution >= 0.6 is 0 Å². The zero-order chi connectivity index (χ0) is 17.1. The second-order valence-corrected chi connectivity index (χ2v) is 5.68. The zero-order valence-corrected chi connectivity index (χ0v) is 13.4. The molecule has 0 aromatic heterocycles. The molecule has 0 bridgehead atoms. The van der Waals surface area contributed by atoms with Crippen molar-refractivity contribution in [1.82, 2.24) is 0 Å². The van der Waals surface area contributed by atoms with Gasteiger partial charge in [-0.05, 0) is 35.7 Å². The maximum absolute atomic E-state index is 11.6. The Labute approximate surface area is 140 Å². The van der Waals surface area contributed by atoms with Crippen LogP contribution in [0.3, 0.4) is 0 Å². The molecule has 0 aliphatic carbocycles. The molecule has 6 heteroatoms. The van der Waals surface area contributed by atoms with Crippen LogP contribution in [0.5, 0.6) is 5.75 Å². The highest BCUT2D eigenvalue weighted by Gasteiger charge is 2.37. The molecule has 0 radical (unpaired) electrons. The van der Waals surface area contributed by atoms with Crippen LogP contribution < -0.4 is 15.4 Å². The summed E-state index contributed by atoms with van der Waals surface area (Å²) in [7, 11) is 1.60. The number of hydrogen-bond acceptors (Lipinski definition) is 4. The molecule has 0 saturated carbocycles. The van der Waals surface area contributed by atoms with E-state index in [0.29, 0.717) is 18.7 Å². The Kier molecular flexibility index (Phi) is 4.69. The second-order valence-electron chi connectivity index (χ2n) is 5.68. The molecule has 2 aromatic rings. The molecular formula is C18H20N2O4. The van der Waals surface area contributed by atoms with Gasteiger partial charge >= 0.3 is 6.09 Å². The SMILES string of the molecule is COc1cccc(COC(N)C2Cc3ccccc3N2C(=O)O)c1. The van der Waals surface area contributed by atoms with Crippen molar-refractivity contribution in [3.05, 3.63) is 59.7 Å². The first-order valence-corrected chi connectivity index (χ1v) is 7.70. The highest BCUT2D eigenvalue weighted by Crippen LogP contribution is 2.33. The van der Waals surface area contributed by atoms with Crippen molar-refractivity contribution < 1.29 is 19.4 Å². The minimum atomic E-state index is -1.02. The van der Waals surface area contributed by atoms with E-state index in [2.05, 4.69) is 0 Å². The number of benzene rings is 2. The number of ether oxygens (including phenoxy) is 2. The average molecular weight is 328 g/mol. The summed E-state index contributed by atoms with van der Waals surface area (Å²) in [6, 6.07) is 14.5. The molecule has 126 valence electrons. The highest BCUT2D eigenvalue weighted by molar-refractivity contribution is 5.90. The second kappa shape index (κ2) is 6.90. The third kappa shape index (κ3) is 3.20. The van der Waals surface area contributed by atoms with Gasteiger partial charge in [0.15, 0.2) is 0 Å². The number of rotatable bonds is 5. The molecule has 6 nitrogen and oxygen atoms in total. The molecule has 0 saturated heterocycles. The summed E-state index contributed by atoms with van der Waals surface area (Å²) < 4.78 is 10.9. The Morgan fingerprint density at radius 1 is 1.33 bits per heavy atom. The molecule has 1 amide bonds. The number of carbonyl (C=O) groups is 1. The summed E-state index contributed by atoms with van der Waals surface area (Å²) in [6.07, 6.45) is -1.20. The van der Waals surface area contributed by atoms with Crippen molar-refractivity contribution >= 4 is 11.8 Å². The van der Waals surface area contributed by atoms with Gasteiger partial charge in [0.2, 0.25) is 0 Å². The number of para-hydroxylation sites is 1. The molecular weight excluding hydrogens is 308 g/mol. The smallest absolute Gasteiger partial charge is 0.412 e. The van der Waals surface area contributed by atoms with Crippen LogP contribution in [0.1, 0.15) is 11.1 Å². The van der Waals surface area contributed by atoms with E-state index < -0.39 is 18.4 Å². The Morgan fingerprint density at radius 2 is 2.12 bits per heavy atom. The van der Waals surface area contributed by atoms with Crippen LogP contribution in [0.25, 0.3) is 0 Å². The van der Waals surface area contributed by atoms with Gasteiger partial charge in [-0.25, -0.2) is 4.79 Å². The number of nitrogens with two attached hydrogens (primary N) is 1. The van der Waals surface area contributed by atoms with Gasteiger partial charge in [-0.3, -0.25) is 4.90 Å². The van der Waals surface area contributed by atoms with Crippen molar-refractivity contribution in [3.63, 3.8) is 0 Å². The predicted octanol–water partition coefficient (Wildman–Crippen LogP) is 2.61. The van der Waals surface area contributed by atoms with Gasteiger partial charge in [0.05, 0.1) is 25.4 Å². The Hall–Kier alpha value is -2.57. The predicted molar refractivity (Wildman–Crippen MR) is 90.2 cm³/mol. The molecule has 24 heavy (non-hydrogen) atoms. The molecule has 1 aliphatic rings. The number of hydrogen-bond donors (Lipinski definition) is 2. The van der Waals surface area contributed by atoms with Crippen LogP contribution in [-0.4, -0.2) is 30.6 Å². The lowest BCUT2D eigenvalue weighted by atomic mass is 10.1. The van der Waals surface area contributed by atoms with Crippen LogP contribution in [0.2, 0.25) is 0 Å². The number of amides is 1. The average Bonchev–Trinajstić information content (AvgIpc) is 2.99. The number of anilines is 1. The molecule has 3 N–H and O–H groups in total. The van der Waals surface area contributed by atoms with Gasteiger partial charge < -0.3 is 20.3 Å². The number of methoxy groups -OCH3 is 1. The molecule has 1 aliphatic heterocycles. The summed E-state index contributed by atoms with van der Waals surface area (Å²) in [6.45, 7) is 0.290. The normalized spacial score (nSPS) is 17.4. The Bertz CT molecular complexity index is 734. The van der Waals surface area contributed by atoms with Crippen molar-refractivity contribution in [1.29, 1.82) is 0 Å². The van der Waals surface area contributed by atoms with Crippen molar-refractivity contribution in [3.8, 4) is 5.75 Å². The van der Waals surface area contributed by atoms with E-state index in [0.717, 1.165) is 16.9 Å². The topological polar surface area (TPSA) is 85.0 Å². The fourth-order valence-electron chi connectivity index (χ4n) is 2.99. The van der Waals surface area contributed by atoms with Gasteiger partial charge in [0, 0.05) is 0 Å². The van der Waals surface area contributed by atoms with Gasteiger partial charge in [0.1, 0.15) is 12.0 Å². The molecule has 0 fully saturated rings. The highest BCUT2D eigenvalue weighted by atomic mass is 16.5. The number of fused-ring (bicyclic) bond motifs is 1. The molecule has 0 spiro atoms. The van der Waals surface area contributed by atoms with Gasteiger partial charge in [-0.1, -0.05) is 30.3 Å². The molecule has 2 aromatic carbocycles. The molecule has 1 heterocycles. The first-order valence-electron chi connectivity index (χ1n) is 7.70. The fourth-order valence-corrected chi connectivity index (χ4v) is 2.99. The van der Waals surface area contributed by atoms with E-state index in [-0.39, 0.29) is 0 Å². The van der Waals surface area contributed by atoms with E-state index in [1.807, 2.05) is 42.5 Å². The number of carboxylic acid groups (broad SMARTS) is 1. The van der Waals surface area contributed by atoms with Gasteiger partial charge in [-0.15, -0.1) is 0 Å². The van der Waals surface area contributed by atoms with E-state index >= 15 is 0 Å². The summed E-state index contributed by atoms with van der Waals surface area (Å²) in [5.74, 6) is 0.741. The van der Waals surface area contributed by atoms with Gasteiger partial charge in [-0.2, -0.15) is 0 Å². The monoisotopic (exact) mass is 328 g/mol. The Morgan fingerprint density at radius 3 is 2.88 bits per heavy atom. The first-order chi connectivity index (χ1) is 11.6. The maximum atomic E-state index is 11.6. The van der Waals surface area contributed by atoms with E-state index in [1.165, 1.54) is 4.90 Å². The summed E-state index contributed by atoms with van der Waals surface area (Å²) in [5.41, 5.74) is 8.70.